The summed E-state index contributed by atoms with van der Waals surface area (Å²) in [4.78, 5) is 13.7. The van der Waals surface area contributed by atoms with Gasteiger partial charge in [-0.2, -0.15) is 0 Å². The number of hydrogen-bond donors (Lipinski definition) is 2. The number of rotatable bonds is 5. The van der Waals surface area contributed by atoms with Gasteiger partial charge in [0.15, 0.2) is 0 Å². The first-order valence-corrected chi connectivity index (χ1v) is 7.87. The zero-order valence-electron chi connectivity index (χ0n) is 13.6. The Morgan fingerprint density at radius 3 is 2.68 bits per heavy atom. The molecule has 1 fully saturated rings. The molecule has 0 aromatic heterocycles. The Morgan fingerprint density at radius 2 is 2.05 bits per heavy atom. The smallest absolute Gasteiger partial charge is 0.317 e. The van der Waals surface area contributed by atoms with Crippen LogP contribution in [-0.4, -0.2) is 54.0 Å². The van der Waals surface area contributed by atoms with Gasteiger partial charge in [0.25, 0.3) is 0 Å². The lowest BCUT2D eigenvalue weighted by molar-refractivity contribution is -0.0393. The molecule has 1 aliphatic heterocycles. The Morgan fingerprint density at radius 1 is 1.36 bits per heavy atom. The van der Waals surface area contributed by atoms with Crippen LogP contribution in [0.3, 0.4) is 0 Å². The highest BCUT2D eigenvalue weighted by Crippen LogP contribution is 2.15. The van der Waals surface area contributed by atoms with Crippen molar-refractivity contribution < 1.29 is 14.6 Å². The van der Waals surface area contributed by atoms with Gasteiger partial charge in [0.05, 0.1) is 25.3 Å². The first-order chi connectivity index (χ1) is 10.5. The van der Waals surface area contributed by atoms with Crippen molar-refractivity contribution in [3.05, 3.63) is 35.4 Å². The molecule has 2 N–H and O–H groups in total. The Balaban J connectivity index is 1.74. The lowest BCUT2D eigenvalue weighted by Crippen LogP contribution is -2.40. The van der Waals surface area contributed by atoms with Gasteiger partial charge in [0, 0.05) is 6.54 Å². The van der Waals surface area contributed by atoms with Crippen LogP contribution in [-0.2, 0) is 11.2 Å². The van der Waals surface area contributed by atoms with Crippen molar-refractivity contribution in [2.24, 2.45) is 0 Å². The van der Waals surface area contributed by atoms with Crippen molar-refractivity contribution >= 4 is 6.03 Å². The fourth-order valence-electron chi connectivity index (χ4n) is 2.59. The number of β-amino-alcohol motifs (C(OH)–C–C–N with tert-alkyl or cyclic N) is 1. The second-order valence-electron chi connectivity index (χ2n) is 6.16. The number of urea groups is 1. The van der Waals surface area contributed by atoms with Crippen LogP contribution in [0.1, 0.15) is 25.0 Å². The van der Waals surface area contributed by atoms with Gasteiger partial charge >= 0.3 is 6.03 Å². The normalized spacial score (nSPS) is 21.4. The first kappa shape index (κ1) is 16.8. The van der Waals surface area contributed by atoms with Crippen LogP contribution in [0, 0.1) is 6.92 Å². The molecular weight excluding hydrogens is 280 g/mol. The summed E-state index contributed by atoms with van der Waals surface area (Å²) in [5.74, 6) is 0. The molecule has 1 heterocycles. The monoisotopic (exact) mass is 306 g/mol. The molecule has 5 heteroatoms. The summed E-state index contributed by atoms with van der Waals surface area (Å²) in [6.45, 7) is 7.27. The third-order valence-electron chi connectivity index (χ3n) is 3.78. The molecule has 0 spiro atoms. The molecule has 1 aromatic rings. The number of hydrogen-bond acceptors (Lipinski definition) is 3. The molecule has 1 aromatic carbocycles. The molecule has 0 unspecified atom stereocenters. The van der Waals surface area contributed by atoms with Crippen molar-refractivity contribution in [2.75, 3.05) is 19.6 Å². The van der Waals surface area contributed by atoms with Crippen molar-refractivity contribution in [1.82, 2.24) is 10.2 Å². The molecule has 2 rings (SSSR count). The van der Waals surface area contributed by atoms with E-state index in [9.17, 15) is 9.90 Å². The molecule has 22 heavy (non-hydrogen) atoms. The predicted molar refractivity (Wildman–Crippen MR) is 85.9 cm³/mol. The van der Waals surface area contributed by atoms with E-state index in [4.69, 9.17) is 4.74 Å². The third kappa shape index (κ3) is 4.71. The fourth-order valence-corrected chi connectivity index (χ4v) is 2.59. The minimum atomic E-state index is -0.606. The Bertz CT molecular complexity index is 487. The highest BCUT2D eigenvalue weighted by molar-refractivity contribution is 5.74. The van der Waals surface area contributed by atoms with Crippen LogP contribution in [0.15, 0.2) is 24.3 Å². The third-order valence-corrected chi connectivity index (χ3v) is 3.78. The van der Waals surface area contributed by atoms with E-state index in [-0.39, 0.29) is 18.2 Å². The molecule has 0 saturated carbocycles. The minimum absolute atomic E-state index is 0.0456. The van der Waals surface area contributed by atoms with Crippen molar-refractivity contribution in [3.63, 3.8) is 0 Å². The molecule has 122 valence electrons. The summed E-state index contributed by atoms with van der Waals surface area (Å²) in [6.07, 6.45) is -0.0498. The van der Waals surface area contributed by atoms with Crippen LogP contribution >= 0.6 is 0 Å². The number of amides is 2. The van der Waals surface area contributed by atoms with Gasteiger partial charge in [-0.1, -0.05) is 29.8 Å². The summed E-state index contributed by atoms with van der Waals surface area (Å²) in [7, 11) is 0. The van der Waals surface area contributed by atoms with Gasteiger partial charge in [-0.3, -0.25) is 0 Å². The molecule has 5 nitrogen and oxygen atoms in total. The van der Waals surface area contributed by atoms with Crippen molar-refractivity contribution in [3.8, 4) is 0 Å². The van der Waals surface area contributed by atoms with Gasteiger partial charge in [-0.15, -0.1) is 0 Å². The Kier molecular flexibility index (Phi) is 5.80. The van der Waals surface area contributed by atoms with E-state index < -0.39 is 6.10 Å². The van der Waals surface area contributed by atoms with Crippen LogP contribution in [0.2, 0.25) is 0 Å². The summed E-state index contributed by atoms with van der Waals surface area (Å²) in [5, 5.41) is 12.8. The molecule has 1 saturated heterocycles. The molecule has 1 aliphatic rings. The Labute approximate surface area is 132 Å². The highest BCUT2D eigenvalue weighted by atomic mass is 16.5. The number of carbonyl (C=O) groups is 1. The molecular formula is C17H26N2O3. The fraction of sp³-hybridized carbons (Fsp3) is 0.588. The van der Waals surface area contributed by atoms with E-state index in [1.165, 1.54) is 11.1 Å². The molecule has 0 bridgehead atoms. The summed E-state index contributed by atoms with van der Waals surface area (Å²) in [6, 6.07) is 8.16. The Hall–Kier alpha value is -1.59. The standard InChI is InChI=1S/C17H26N2O3/c1-12(2)22-16-11-19(10-15(16)20)17(21)18-9-8-14-6-4-13(3)5-7-14/h4-7,12,15-16,20H,8-11H2,1-3H3,(H,18,21)/t15-,16-/m0/s1. The largest absolute Gasteiger partial charge is 0.388 e. The average Bonchev–Trinajstić information content (AvgIpc) is 2.81. The number of aliphatic hydroxyl groups excluding tert-OH is 1. The highest BCUT2D eigenvalue weighted by Gasteiger charge is 2.35. The molecule has 2 atom stereocenters. The second-order valence-corrected chi connectivity index (χ2v) is 6.16. The SMILES string of the molecule is Cc1ccc(CCNC(=O)N2C[C@H](OC(C)C)[C@@H](O)C2)cc1. The number of likely N-dealkylation sites (tertiary alicyclic amines) is 1. The summed E-state index contributed by atoms with van der Waals surface area (Å²) >= 11 is 0. The van der Waals surface area contributed by atoms with Crippen LogP contribution < -0.4 is 5.32 Å². The number of aryl methyl sites for hydroxylation is 1. The van der Waals surface area contributed by atoms with E-state index in [1.807, 2.05) is 13.8 Å². The van der Waals surface area contributed by atoms with E-state index in [0.29, 0.717) is 19.6 Å². The van der Waals surface area contributed by atoms with Gasteiger partial charge in [-0.05, 0) is 32.8 Å². The maximum absolute atomic E-state index is 12.1. The number of benzene rings is 1. The molecule has 0 aliphatic carbocycles. The summed E-state index contributed by atoms with van der Waals surface area (Å²) < 4.78 is 5.62. The zero-order chi connectivity index (χ0) is 16.1. The van der Waals surface area contributed by atoms with Crippen LogP contribution in [0.25, 0.3) is 0 Å². The lowest BCUT2D eigenvalue weighted by Gasteiger charge is -2.18. The zero-order valence-corrected chi connectivity index (χ0v) is 13.6. The van der Waals surface area contributed by atoms with Crippen LogP contribution in [0.4, 0.5) is 4.79 Å². The lowest BCUT2D eigenvalue weighted by atomic mass is 10.1. The molecule has 0 radical (unpaired) electrons. The number of aliphatic hydroxyl groups is 1. The average molecular weight is 306 g/mol. The van der Waals surface area contributed by atoms with Gasteiger partial charge < -0.3 is 20.1 Å². The van der Waals surface area contributed by atoms with E-state index in [1.54, 1.807) is 4.90 Å². The van der Waals surface area contributed by atoms with E-state index in [2.05, 4.69) is 36.5 Å². The second kappa shape index (κ2) is 7.61. The van der Waals surface area contributed by atoms with Gasteiger partial charge in [0.2, 0.25) is 0 Å². The summed E-state index contributed by atoms with van der Waals surface area (Å²) in [5.41, 5.74) is 2.43. The van der Waals surface area contributed by atoms with Crippen molar-refractivity contribution in [2.45, 2.75) is 45.5 Å². The minimum Gasteiger partial charge on any atom is -0.388 e. The number of ether oxygens (including phenoxy) is 1. The number of nitrogens with zero attached hydrogens (tertiary/aromatic N) is 1. The van der Waals surface area contributed by atoms with Gasteiger partial charge in [-0.25, -0.2) is 4.79 Å². The van der Waals surface area contributed by atoms with E-state index >= 15 is 0 Å². The van der Waals surface area contributed by atoms with E-state index in [0.717, 1.165) is 6.42 Å². The maximum Gasteiger partial charge on any atom is 0.317 e. The predicted octanol–water partition coefficient (Wildman–Crippen LogP) is 1.72. The number of carbonyl (C=O) groups excluding carboxylic acids is 1. The quantitative estimate of drug-likeness (QED) is 0.871. The maximum atomic E-state index is 12.1. The topological polar surface area (TPSA) is 61.8 Å². The number of nitrogens with one attached hydrogen (secondary N) is 1. The van der Waals surface area contributed by atoms with Crippen molar-refractivity contribution in [1.29, 1.82) is 0 Å². The van der Waals surface area contributed by atoms with Crippen LogP contribution in [0.5, 0.6) is 0 Å². The molecule has 2 amide bonds. The van der Waals surface area contributed by atoms with Gasteiger partial charge in [0.1, 0.15) is 6.10 Å². The first-order valence-electron chi connectivity index (χ1n) is 7.87.